The number of rotatable bonds is 3. The molecule has 0 aliphatic carbocycles. The van der Waals surface area contributed by atoms with E-state index in [1.165, 1.54) is 34.1 Å². The Morgan fingerprint density at radius 3 is 2.95 bits per heavy atom. The monoisotopic (exact) mass is 276 g/mol. The molecule has 0 amide bonds. The van der Waals surface area contributed by atoms with Crippen LogP contribution in [0.2, 0.25) is 0 Å². The minimum Gasteiger partial charge on any atom is -0.477 e. The van der Waals surface area contributed by atoms with Crippen LogP contribution in [0.4, 0.5) is 4.39 Å². The van der Waals surface area contributed by atoms with Crippen molar-refractivity contribution in [3.8, 4) is 0 Å². The SMILES string of the molecule is O=C(O)c1c(Cc2cccs2)nc2c(F)cccn12. The van der Waals surface area contributed by atoms with Crippen molar-refractivity contribution < 1.29 is 14.3 Å². The van der Waals surface area contributed by atoms with Gasteiger partial charge in [0.15, 0.2) is 17.2 Å². The van der Waals surface area contributed by atoms with Crippen molar-refractivity contribution in [2.75, 3.05) is 0 Å². The summed E-state index contributed by atoms with van der Waals surface area (Å²) in [5.74, 6) is -1.63. The first kappa shape index (κ1) is 11.9. The lowest BCUT2D eigenvalue weighted by Crippen LogP contribution is -2.05. The normalized spacial score (nSPS) is 11.0. The first-order valence-electron chi connectivity index (χ1n) is 5.58. The van der Waals surface area contributed by atoms with Crippen LogP contribution in [0.25, 0.3) is 5.65 Å². The second kappa shape index (κ2) is 4.47. The van der Waals surface area contributed by atoms with Gasteiger partial charge in [-0.05, 0) is 23.6 Å². The standard InChI is InChI=1S/C13H9FN2O2S/c14-9-4-1-5-16-11(13(17)18)10(15-12(9)16)7-8-3-2-6-19-8/h1-6H,7H2,(H,17,18). The van der Waals surface area contributed by atoms with E-state index in [4.69, 9.17) is 0 Å². The number of carboxylic acid groups (broad SMARTS) is 1. The van der Waals surface area contributed by atoms with Gasteiger partial charge in [0.1, 0.15) is 0 Å². The molecule has 0 saturated heterocycles. The van der Waals surface area contributed by atoms with E-state index in [-0.39, 0.29) is 11.3 Å². The number of aromatic nitrogens is 2. The van der Waals surface area contributed by atoms with E-state index in [1.807, 2.05) is 17.5 Å². The van der Waals surface area contributed by atoms with E-state index < -0.39 is 11.8 Å². The van der Waals surface area contributed by atoms with E-state index in [0.29, 0.717) is 12.1 Å². The van der Waals surface area contributed by atoms with Gasteiger partial charge in [-0.3, -0.25) is 4.40 Å². The summed E-state index contributed by atoms with van der Waals surface area (Å²) in [5.41, 5.74) is 0.439. The molecule has 0 bridgehead atoms. The Bertz CT molecular complexity index is 749. The van der Waals surface area contributed by atoms with E-state index in [1.54, 1.807) is 0 Å². The van der Waals surface area contributed by atoms with E-state index >= 15 is 0 Å². The first-order chi connectivity index (χ1) is 9.16. The second-order valence-electron chi connectivity index (χ2n) is 4.02. The minimum atomic E-state index is -1.11. The summed E-state index contributed by atoms with van der Waals surface area (Å²) >= 11 is 1.52. The number of aromatic carboxylic acids is 1. The first-order valence-corrected chi connectivity index (χ1v) is 6.46. The van der Waals surface area contributed by atoms with Crippen LogP contribution in [0.5, 0.6) is 0 Å². The van der Waals surface area contributed by atoms with Gasteiger partial charge in [0.05, 0.1) is 5.69 Å². The highest BCUT2D eigenvalue weighted by molar-refractivity contribution is 7.09. The second-order valence-corrected chi connectivity index (χ2v) is 5.05. The fraction of sp³-hybridized carbons (Fsp3) is 0.0769. The topological polar surface area (TPSA) is 54.6 Å². The van der Waals surface area contributed by atoms with Gasteiger partial charge in [-0.1, -0.05) is 6.07 Å². The van der Waals surface area contributed by atoms with Crippen molar-refractivity contribution in [3.05, 3.63) is 57.9 Å². The lowest BCUT2D eigenvalue weighted by Gasteiger charge is -1.98. The maximum atomic E-state index is 13.6. The van der Waals surface area contributed by atoms with Crippen LogP contribution in [0.3, 0.4) is 0 Å². The fourth-order valence-electron chi connectivity index (χ4n) is 2.01. The van der Waals surface area contributed by atoms with E-state index in [2.05, 4.69) is 4.98 Å². The maximum absolute atomic E-state index is 13.6. The number of hydrogen-bond donors (Lipinski definition) is 1. The lowest BCUT2D eigenvalue weighted by atomic mass is 10.2. The molecule has 0 aliphatic heterocycles. The molecule has 3 aromatic heterocycles. The average Bonchev–Trinajstić information content (AvgIpc) is 2.97. The van der Waals surface area contributed by atoms with Crippen molar-refractivity contribution in [2.45, 2.75) is 6.42 Å². The number of fused-ring (bicyclic) bond motifs is 1. The number of carbonyl (C=O) groups is 1. The predicted molar refractivity (Wildman–Crippen MR) is 69.2 cm³/mol. The summed E-state index contributed by atoms with van der Waals surface area (Å²) in [7, 11) is 0. The van der Waals surface area contributed by atoms with Crippen LogP contribution in [-0.2, 0) is 6.42 Å². The number of imidazole rings is 1. The molecule has 0 aliphatic rings. The van der Waals surface area contributed by atoms with E-state index in [0.717, 1.165) is 4.88 Å². The summed E-state index contributed by atoms with van der Waals surface area (Å²) < 4.78 is 14.9. The molecular formula is C13H9FN2O2S. The number of carboxylic acids is 1. The Morgan fingerprint density at radius 1 is 1.42 bits per heavy atom. The van der Waals surface area contributed by atoms with Crippen molar-refractivity contribution in [2.24, 2.45) is 0 Å². The molecule has 6 heteroatoms. The van der Waals surface area contributed by atoms with Gasteiger partial charge in [-0.15, -0.1) is 11.3 Å². The summed E-state index contributed by atoms with van der Waals surface area (Å²) in [6.07, 6.45) is 1.90. The molecule has 0 atom stereocenters. The van der Waals surface area contributed by atoms with Crippen LogP contribution in [-0.4, -0.2) is 20.5 Å². The zero-order valence-corrected chi connectivity index (χ0v) is 10.5. The van der Waals surface area contributed by atoms with Crippen LogP contribution >= 0.6 is 11.3 Å². The maximum Gasteiger partial charge on any atom is 0.354 e. The summed E-state index contributed by atoms with van der Waals surface area (Å²) in [4.78, 5) is 16.5. The zero-order chi connectivity index (χ0) is 13.4. The highest BCUT2D eigenvalue weighted by Gasteiger charge is 2.20. The minimum absolute atomic E-state index is 0.0166. The summed E-state index contributed by atoms with van der Waals surface area (Å²) in [5, 5.41) is 11.2. The molecule has 4 nitrogen and oxygen atoms in total. The molecule has 3 rings (SSSR count). The quantitative estimate of drug-likeness (QED) is 0.800. The Balaban J connectivity index is 2.20. The Morgan fingerprint density at radius 2 is 2.26 bits per heavy atom. The molecule has 0 unspecified atom stereocenters. The van der Waals surface area contributed by atoms with Gasteiger partial charge in [-0.25, -0.2) is 14.2 Å². The molecule has 0 fully saturated rings. The molecule has 0 aromatic carbocycles. The Kier molecular flexibility index (Phi) is 2.79. The predicted octanol–water partition coefficient (Wildman–Crippen LogP) is 2.82. The molecule has 96 valence electrons. The van der Waals surface area contributed by atoms with Gasteiger partial charge in [-0.2, -0.15) is 0 Å². The number of thiophene rings is 1. The van der Waals surface area contributed by atoms with Crippen LogP contribution in [0.15, 0.2) is 35.8 Å². The van der Waals surface area contributed by atoms with E-state index in [9.17, 15) is 14.3 Å². The van der Waals surface area contributed by atoms with Crippen molar-refractivity contribution in [3.63, 3.8) is 0 Å². The average molecular weight is 276 g/mol. The fourth-order valence-corrected chi connectivity index (χ4v) is 2.72. The van der Waals surface area contributed by atoms with Crippen LogP contribution in [0, 0.1) is 5.82 Å². The number of hydrogen-bond acceptors (Lipinski definition) is 3. The smallest absolute Gasteiger partial charge is 0.354 e. The molecule has 3 aromatic rings. The van der Waals surface area contributed by atoms with Crippen LogP contribution < -0.4 is 0 Å². The van der Waals surface area contributed by atoms with Gasteiger partial charge in [0.2, 0.25) is 0 Å². The number of pyridine rings is 1. The molecule has 1 N–H and O–H groups in total. The third-order valence-corrected chi connectivity index (χ3v) is 3.68. The highest BCUT2D eigenvalue weighted by atomic mass is 32.1. The van der Waals surface area contributed by atoms with Crippen LogP contribution in [0.1, 0.15) is 21.1 Å². The number of halogens is 1. The molecule has 0 radical (unpaired) electrons. The van der Waals surface area contributed by atoms with Crippen molar-refractivity contribution in [1.82, 2.24) is 9.38 Å². The Hall–Kier alpha value is -2.21. The third-order valence-electron chi connectivity index (χ3n) is 2.80. The van der Waals surface area contributed by atoms with Gasteiger partial charge >= 0.3 is 5.97 Å². The molecule has 0 spiro atoms. The summed E-state index contributed by atoms with van der Waals surface area (Å²) in [6, 6.07) is 6.52. The molecular weight excluding hydrogens is 267 g/mol. The molecule has 3 heterocycles. The molecule has 0 saturated carbocycles. The van der Waals surface area contributed by atoms with Crippen molar-refractivity contribution >= 4 is 23.0 Å². The summed E-state index contributed by atoms with van der Waals surface area (Å²) in [6.45, 7) is 0. The van der Waals surface area contributed by atoms with Gasteiger partial charge in [0.25, 0.3) is 0 Å². The van der Waals surface area contributed by atoms with Crippen molar-refractivity contribution in [1.29, 1.82) is 0 Å². The van der Waals surface area contributed by atoms with Gasteiger partial charge < -0.3 is 5.11 Å². The number of nitrogens with zero attached hydrogens (tertiary/aromatic N) is 2. The Labute approximate surface area is 111 Å². The largest absolute Gasteiger partial charge is 0.477 e. The highest BCUT2D eigenvalue weighted by Crippen LogP contribution is 2.20. The van der Waals surface area contributed by atoms with Gasteiger partial charge in [0, 0.05) is 17.5 Å². The molecule has 19 heavy (non-hydrogen) atoms. The zero-order valence-electron chi connectivity index (χ0n) is 9.71. The third kappa shape index (κ3) is 2.00. The lowest BCUT2D eigenvalue weighted by molar-refractivity contribution is 0.0688.